The van der Waals surface area contributed by atoms with E-state index >= 15 is 0 Å². The minimum Gasteiger partial charge on any atom is -0.352 e. The molecule has 0 atom stereocenters. The second-order valence-corrected chi connectivity index (χ2v) is 6.42. The van der Waals surface area contributed by atoms with Gasteiger partial charge in [0, 0.05) is 18.1 Å². The van der Waals surface area contributed by atoms with Gasteiger partial charge in [-0.1, -0.05) is 13.8 Å². The van der Waals surface area contributed by atoms with Crippen molar-refractivity contribution in [2.75, 3.05) is 25.2 Å². The molecule has 0 N–H and O–H groups in total. The molecule has 0 spiro atoms. The Morgan fingerprint density at radius 1 is 1.29 bits per heavy atom. The summed E-state index contributed by atoms with van der Waals surface area (Å²) in [7, 11) is -2.92. The third-order valence-corrected chi connectivity index (χ3v) is 3.15. The summed E-state index contributed by atoms with van der Waals surface area (Å²) >= 11 is 0. The monoisotopic (exact) mass is 222 g/mol. The maximum absolute atomic E-state index is 11.0. The fraction of sp³-hybridized carbons (Fsp3) is 1.00. The van der Waals surface area contributed by atoms with Crippen LogP contribution in [0.15, 0.2) is 0 Å². The lowest BCUT2D eigenvalue weighted by molar-refractivity contribution is -0.215. The minimum atomic E-state index is -2.92. The summed E-state index contributed by atoms with van der Waals surface area (Å²) < 4.78 is 32.8. The van der Waals surface area contributed by atoms with E-state index < -0.39 is 9.84 Å². The molecule has 0 amide bonds. The normalized spacial score (nSPS) is 29.4. The van der Waals surface area contributed by atoms with Gasteiger partial charge in [-0.05, 0) is 0 Å². The molecule has 1 aliphatic heterocycles. The lowest BCUT2D eigenvalue weighted by atomic mass is 10.1. The number of rotatable bonds is 3. The Morgan fingerprint density at radius 3 is 2.14 bits per heavy atom. The quantitative estimate of drug-likeness (QED) is 0.704. The summed E-state index contributed by atoms with van der Waals surface area (Å²) in [5.41, 5.74) is 0. The zero-order chi connectivity index (χ0) is 10.8. The van der Waals surface area contributed by atoms with Crippen LogP contribution in [0.1, 0.15) is 13.8 Å². The van der Waals surface area contributed by atoms with Crippen LogP contribution in [0.3, 0.4) is 0 Å². The number of hydrogen-bond donors (Lipinski definition) is 0. The molecule has 0 aromatic heterocycles. The Hall–Kier alpha value is -0.130. The first-order valence-corrected chi connectivity index (χ1v) is 6.85. The van der Waals surface area contributed by atoms with Gasteiger partial charge in [0.2, 0.25) is 0 Å². The maximum atomic E-state index is 11.0. The topological polar surface area (TPSA) is 52.6 Å². The van der Waals surface area contributed by atoms with Crippen LogP contribution in [-0.4, -0.2) is 39.9 Å². The van der Waals surface area contributed by atoms with Crippen LogP contribution in [0.25, 0.3) is 0 Å². The fourth-order valence-electron chi connectivity index (χ4n) is 1.47. The van der Waals surface area contributed by atoms with Crippen LogP contribution in [0, 0.1) is 11.8 Å². The average molecular weight is 222 g/mol. The van der Waals surface area contributed by atoms with Crippen molar-refractivity contribution in [2.24, 2.45) is 11.8 Å². The van der Waals surface area contributed by atoms with Crippen LogP contribution in [0.4, 0.5) is 0 Å². The zero-order valence-corrected chi connectivity index (χ0v) is 9.71. The lowest BCUT2D eigenvalue weighted by Gasteiger charge is -2.31. The van der Waals surface area contributed by atoms with Crippen molar-refractivity contribution in [3.05, 3.63) is 0 Å². The highest BCUT2D eigenvalue weighted by molar-refractivity contribution is 7.90. The highest BCUT2D eigenvalue weighted by Crippen LogP contribution is 2.18. The highest BCUT2D eigenvalue weighted by atomic mass is 32.2. The predicted octanol–water partition coefficient (Wildman–Crippen LogP) is 0.676. The number of sulfone groups is 1. The molecular formula is C9H18O4S. The second kappa shape index (κ2) is 4.59. The first kappa shape index (κ1) is 11.9. The van der Waals surface area contributed by atoms with Gasteiger partial charge in [0.1, 0.15) is 9.84 Å². The fourth-order valence-corrected chi connectivity index (χ4v) is 2.52. The Balaban J connectivity index is 2.36. The summed E-state index contributed by atoms with van der Waals surface area (Å²) in [4.78, 5) is 0. The molecule has 0 aromatic carbocycles. The van der Waals surface area contributed by atoms with E-state index in [1.165, 1.54) is 6.26 Å². The number of ether oxygens (including phenoxy) is 2. The predicted molar refractivity (Wildman–Crippen MR) is 53.7 cm³/mol. The van der Waals surface area contributed by atoms with E-state index in [-0.39, 0.29) is 18.0 Å². The van der Waals surface area contributed by atoms with Gasteiger partial charge in [0.25, 0.3) is 0 Å². The van der Waals surface area contributed by atoms with E-state index in [4.69, 9.17) is 9.47 Å². The molecule has 14 heavy (non-hydrogen) atoms. The van der Waals surface area contributed by atoms with Crippen LogP contribution in [0.5, 0.6) is 0 Å². The lowest BCUT2D eigenvalue weighted by Crippen LogP contribution is -2.37. The van der Waals surface area contributed by atoms with Crippen molar-refractivity contribution in [1.82, 2.24) is 0 Å². The van der Waals surface area contributed by atoms with E-state index in [1.807, 2.05) is 13.8 Å². The third-order valence-electron chi connectivity index (χ3n) is 2.08. The van der Waals surface area contributed by atoms with Crippen molar-refractivity contribution in [2.45, 2.75) is 20.1 Å². The average Bonchev–Trinajstić information content (AvgIpc) is 2.02. The molecule has 0 unspecified atom stereocenters. The van der Waals surface area contributed by atoms with Crippen molar-refractivity contribution in [3.63, 3.8) is 0 Å². The second-order valence-electron chi connectivity index (χ2n) is 4.24. The summed E-state index contributed by atoms with van der Waals surface area (Å²) in [5.74, 6) is 0.451. The van der Waals surface area contributed by atoms with E-state index in [1.54, 1.807) is 0 Å². The van der Waals surface area contributed by atoms with Crippen molar-refractivity contribution in [3.8, 4) is 0 Å². The first-order valence-electron chi connectivity index (χ1n) is 4.79. The molecule has 0 aromatic rings. The van der Waals surface area contributed by atoms with Gasteiger partial charge >= 0.3 is 0 Å². The standard InChI is InChI=1S/C9H18O4S/c1-7(2)9-12-4-8(5-13-9)6-14(3,10)11/h7-9H,4-6H2,1-3H3. The molecule has 1 saturated heterocycles. The van der Waals surface area contributed by atoms with Gasteiger partial charge in [-0.2, -0.15) is 0 Å². The van der Waals surface area contributed by atoms with E-state index in [9.17, 15) is 8.42 Å². The smallest absolute Gasteiger partial charge is 0.159 e. The SMILES string of the molecule is CC(C)C1OCC(CS(C)(=O)=O)CO1. The first-order chi connectivity index (χ1) is 6.38. The molecule has 0 saturated carbocycles. The van der Waals surface area contributed by atoms with E-state index in [0.29, 0.717) is 19.1 Å². The molecule has 4 nitrogen and oxygen atoms in total. The summed E-state index contributed by atoms with van der Waals surface area (Å²) in [6.45, 7) is 4.99. The van der Waals surface area contributed by atoms with Gasteiger partial charge in [0.15, 0.2) is 6.29 Å². The highest BCUT2D eigenvalue weighted by Gasteiger charge is 2.26. The Kier molecular flexibility index (Phi) is 3.92. The van der Waals surface area contributed by atoms with E-state index in [0.717, 1.165) is 0 Å². The van der Waals surface area contributed by atoms with Gasteiger partial charge in [-0.25, -0.2) is 8.42 Å². The molecule has 0 radical (unpaired) electrons. The van der Waals surface area contributed by atoms with Crippen LogP contribution >= 0.6 is 0 Å². The van der Waals surface area contributed by atoms with Crippen LogP contribution < -0.4 is 0 Å². The molecule has 84 valence electrons. The molecular weight excluding hydrogens is 204 g/mol. The van der Waals surface area contributed by atoms with Gasteiger partial charge in [0.05, 0.1) is 19.0 Å². The molecule has 5 heteroatoms. The molecule has 1 rings (SSSR count). The maximum Gasteiger partial charge on any atom is 0.159 e. The van der Waals surface area contributed by atoms with Crippen LogP contribution in [0.2, 0.25) is 0 Å². The number of hydrogen-bond acceptors (Lipinski definition) is 4. The zero-order valence-electron chi connectivity index (χ0n) is 8.89. The molecule has 1 heterocycles. The van der Waals surface area contributed by atoms with Gasteiger partial charge < -0.3 is 9.47 Å². The van der Waals surface area contributed by atoms with Crippen LogP contribution in [-0.2, 0) is 19.3 Å². The largest absolute Gasteiger partial charge is 0.352 e. The Labute approximate surface area is 85.5 Å². The van der Waals surface area contributed by atoms with Crippen molar-refractivity contribution in [1.29, 1.82) is 0 Å². The van der Waals surface area contributed by atoms with Crippen molar-refractivity contribution >= 4 is 9.84 Å². The van der Waals surface area contributed by atoms with Crippen molar-refractivity contribution < 1.29 is 17.9 Å². The minimum absolute atomic E-state index is 0.0139. The summed E-state index contributed by atoms with van der Waals surface area (Å²) in [6.07, 6.45) is 1.06. The summed E-state index contributed by atoms with van der Waals surface area (Å²) in [6, 6.07) is 0. The van der Waals surface area contributed by atoms with Gasteiger partial charge in [-0.3, -0.25) is 0 Å². The molecule has 0 bridgehead atoms. The molecule has 1 fully saturated rings. The van der Waals surface area contributed by atoms with Gasteiger partial charge in [-0.15, -0.1) is 0 Å². The summed E-state index contributed by atoms with van der Waals surface area (Å²) in [5, 5.41) is 0. The molecule has 1 aliphatic rings. The molecule has 0 aliphatic carbocycles. The Bertz CT molecular complexity index is 263. The Morgan fingerprint density at radius 2 is 1.79 bits per heavy atom. The third kappa shape index (κ3) is 3.94. The van der Waals surface area contributed by atoms with E-state index in [2.05, 4.69) is 0 Å².